The van der Waals surface area contributed by atoms with Crippen LogP contribution in [0.15, 0.2) is 18.2 Å². The van der Waals surface area contributed by atoms with Gasteiger partial charge in [-0.3, -0.25) is 19.2 Å². The van der Waals surface area contributed by atoms with Crippen LogP contribution in [-0.2, 0) is 35.1 Å². The van der Waals surface area contributed by atoms with E-state index in [1.54, 1.807) is 19.9 Å². The predicted octanol–water partition coefficient (Wildman–Crippen LogP) is 3.63. The summed E-state index contributed by atoms with van der Waals surface area (Å²) >= 11 is 0. The third-order valence-electron chi connectivity index (χ3n) is 4.77. The zero-order chi connectivity index (χ0) is 25.5. The smallest absolute Gasteiger partial charge is 0.323 e. The summed E-state index contributed by atoms with van der Waals surface area (Å²) in [4.78, 5) is 47.8. The van der Waals surface area contributed by atoms with Crippen molar-refractivity contribution >= 4 is 23.9 Å². The van der Waals surface area contributed by atoms with E-state index in [-0.39, 0.29) is 49.8 Å². The molecule has 0 aromatic heterocycles. The molecule has 2 N–H and O–H groups in total. The molecule has 0 aliphatic heterocycles. The van der Waals surface area contributed by atoms with Crippen molar-refractivity contribution in [1.82, 2.24) is 0 Å². The Morgan fingerprint density at radius 1 is 0.882 bits per heavy atom. The van der Waals surface area contributed by atoms with Gasteiger partial charge in [-0.25, -0.2) is 0 Å². The van der Waals surface area contributed by atoms with Gasteiger partial charge in [-0.2, -0.15) is 0 Å². The monoisotopic (exact) mass is 479 g/mol. The molecule has 0 aliphatic rings. The summed E-state index contributed by atoms with van der Waals surface area (Å²) in [5.41, 5.74) is 6.59. The average Bonchev–Trinajstić information content (AvgIpc) is 2.81. The van der Waals surface area contributed by atoms with Gasteiger partial charge in [-0.1, -0.05) is 39.7 Å². The van der Waals surface area contributed by atoms with Crippen molar-refractivity contribution < 1.29 is 38.1 Å². The van der Waals surface area contributed by atoms with E-state index >= 15 is 0 Å². The van der Waals surface area contributed by atoms with Gasteiger partial charge >= 0.3 is 23.9 Å². The first-order chi connectivity index (χ1) is 16.2. The van der Waals surface area contributed by atoms with Crippen molar-refractivity contribution in [2.45, 2.75) is 91.2 Å². The molecule has 1 aromatic rings. The molecule has 190 valence electrons. The van der Waals surface area contributed by atoms with E-state index in [4.69, 9.17) is 24.7 Å². The van der Waals surface area contributed by atoms with E-state index in [1.165, 1.54) is 12.1 Å². The molecule has 1 rings (SSSR count). The zero-order valence-electron chi connectivity index (χ0n) is 20.6. The van der Waals surface area contributed by atoms with Crippen LogP contribution in [-0.4, -0.2) is 42.6 Å². The second kappa shape index (κ2) is 15.8. The Balaban J connectivity index is 2.87. The highest BCUT2D eigenvalue weighted by atomic mass is 16.6. The topological polar surface area (TPSA) is 131 Å². The normalized spacial score (nSPS) is 12.4. The molecule has 0 amide bonds. The largest absolute Gasteiger partial charge is 0.462 e. The van der Waals surface area contributed by atoms with E-state index < -0.39 is 30.1 Å². The molecule has 1 aromatic carbocycles. The van der Waals surface area contributed by atoms with E-state index in [0.29, 0.717) is 18.4 Å². The van der Waals surface area contributed by atoms with Crippen LogP contribution in [0.5, 0.6) is 11.5 Å². The molecule has 0 radical (unpaired) electrons. The first kappa shape index (κ1) is 29.1. The second-order valence-corrected chi connectivity index (χ2v) is 8.03. The Labute approximate surface area is 201 Å². The van der Waals surface area contributed by atoms with Crippen LogP contribution in [0.2, 0.25) is 0 Å². The number of unbranched alkanes of at least 4 members (excludes halogenated alkanes) is 2. The van der Waals surface area contributed by atoms with Gasteiger partial charge in [0, 0.05) is 19.3 Å². The summed E-state index contributed by atoms with van der Waals surface area (Å²) in [5.74, 6) is -1.66. The van der Waals surface area contributed by atoms with E-state index in [2.05, 4.69) is 0 Å². The third-order valence-corrected chi connectivity index (χ3v) is 4.77. The standard InChI is InChI=1S/C25H37NO8/c1-5-8-10-23(28)33-20-13-12-18(15-21(20)34-24(29)11-9-6-2)14-19(26)25(30)32-17(4)16-31-22(27)7-3/h12-13,15,17,19H,5-11,14,16,26H2,1-4H3/t17-,19-/m0/s1. The summed E-state index contributed by atoms with van der Waals surface area (Å²) in [7, 11) is 0. The van der Waals surface area contributed by atoms with Gasteiger partial charge in [0.25, 0.3) is 0 Å². The number of esters is 4. The summed E-state index contributed by atoms with van der Waals surface area (Å²) in [6.45, 7) is 7.14. The highest BCUT2D eigenvalue weighted by Crippen LogP contribution is 2.30. The first-order valence-corrected chi connectivity index (χ1v) is 11.9. The Morgan fingerprint density at radius 2 is 1.47 bits per heavy atom. The van der Waals surface area contributed by atoms with Gasteiger partial charge in [0.15, 0.2) is 11.5 Å². The number of rotatable bonds is 15. The lowest BCUT2D eigenvalue weighted by Crippen LogP contribution is -2.37. The van der Waals surface area contributed by atoms with E-state index in [9.17, 15) is 19.2 Å². The van der Waals surface area contributed by atoms with Crippen molar-refractivity contribution in [3.63, 3.8) is 0 Å². The van der Waals surface area contributed by atoms with Gasteiger partial charge in [0.05, 0.1) is 0 Å². The molecule has 0 saturated heterocycles. The maximum Gasteiger partial charge on any atom is 0.323 e. The number of carbonyl (C=O) groups excluding carboxylic acids is 4. The van der Waals surface area contributed by atoms with Gasteiger partial charge in [-0.05, 0) is 43.9 Å². The fourth-order valence-electron chi connectivity index (χ4n) is 2.80. The molecule has 9 nitrogen and oxygen atoms in total. The number of hydrogen-bond donors (Lipinski definition) is 1. The molecule has 0 bridgehead atoms. The number of carbonyl (C=O) groups is 4. The molecule has 9 heteroatoms. The highest BCUT2D eigenvalue weighted by molar-refractivity contribution is 5.77. The fraction of sp³-hybridized carbons (Fsp3) is 0.600. The molecule has 0 aliphatic carbocycles. The Bertz CT molecular complexity index is 823. The number of hydrogen-bond acceptors (Lipinski definition) is 9. The quantitative estimate of drug-likeness (QED) is 0.296. The van der Waals surface area contributed by atoms with Gasteiger partial charge in [0.1, 0.15) is 18.8 Å². The van der Waals surface area contributed by atoms with Crippen LogP contribution in [0.4, 0.5) is 0 Å². The maximum atomic E-state index is 12.3. The average molecular weight is 480 g/mol. The number of ether oxygens (including phenoxy) is 4. The lowest BCUT2D eigenvalue weighted by molar-refractivity contribution is -0.158. The summed E-state index contributed by atoms with van der Waals surface area (Å²) in [5, 5.41) is 0. The van der Waals surface area contributed by atoms with Crippen LogP contribution in [0.25, 0.3) is 0 Å². The second-order valence-electron chi connectivity index (χ2n) is 8.03. The van der Waals surface area contributed by atoms with Crippen LogP contribution in [0, 0.1) is 0 Å². The lowest BCUT2D eigenvalue weighted by atomic mass is 10.1. The van der Waals surface area contributed by atoms with Gasteiger partial charge in [-0.15, -0.1) is 0 Å². The van der Waals surface area contributed by atoms with Crippen molar-refractivity contribution in [2.75, 3.05) is 6.61 Å². The fourth-order valence-corrected chi connectivity index (χ4v) is 2.80. The molecule has 0 fully saturated rings. The molecule has 2 atom stereocenters. The summed E-state index contributed by atoms with van der Waals surface area (Å²) < 4.78 is 21.0. The van der Waals surface area contributed by atoms with Gasteiger partial charge in [0.2, 0.25) is 0 Å². The van der Waals surface area contributed by atoms with E-state index in [1.807, 2.05) is 13.8 Å². The molecule has 0 saturated carbocycles. The van der Waals surface area contributed by atoms with E-state index in [0.717, 1.165) is 12.8 Å². The SMILES string of the molecule is CCCCC(=O)Oc1ccc(C[C@H](N)C(=O)O[C@@H](C)COC(=O)CC)cc1OC(=O)CCCC. The minimum atomic E-state index is -0.995. The lowest BCUT2D eigenvalue weighted by Gasteiger charge is -2.17. The number of nitrogens with two attached hydrogens (primary N) is 1. The molecule has 0 heterocycles. The molecular formula is C25H37NO8. The summed E-state index contributed by atoms with van der Waals surface area (Å²) in [6.07, 6.45) is 3.22. The van der Waals surface area contributed by atoms with Crippen molar-refractivity contribution in [2.24, 2.45) is 5.73 Å². The summed E-state index contributed by atoms with van der Waals surface area (Å²) in [6, 6.07) is 3.70. The van der Waals surface area contributed by atoms with Crippen molar-refractivity contribution in [1.29, 1.82) is 0 Å². The minimum absolute atomic E-state index is 0.0545. The third kappa shape index (κ3) is 11.3. The Morgan fingerprint density at radius 3 is 2.03 bits per heavy atom. The van der Waals surface area contributed by atoms with Crippen LogP contribution in [0.1, 0.15) is 78.2 Å². The maximum absolute atomic E-state index is 12.3. The predicted molar refractivity (Wildman–Crippen MR) is 125 cm³/mol. The minimum Gasteiger partial charge on any atom is -0.462 e. The molecule has 0 spiro atoms. The Kier molecular flexibility index (Phi) is 13.5. The van der Waals surface area contributed by atoms with Gasteiger partial charge < -0.3 is 24.7 Å². The van der Waals surface area contributed by atoms with Crippen LogP contribution < -0.4 is 15.2 Å². The van der Waals surface area contributed by atoms with Crippen LogP contribution in [0.3, 0.4) is 0 Å². The van der Waals surface area contributed by atoms with Crippen molar-refractivity contribution in [3.05, 3.63) is 23.8 Å². The van der Waals surface area contributed by atoms with Crippen molar-refractivity contribution in [3.8, 4) is 11.5 Å². The Hall–Kier alpha value is -2.94. The number of benzene rings is 1. The first-order valence-electron chi connectivity index (χ1n) is 11.9. The highest BCUT2D eigenvalue weighted by Gasteiger charge is 2.21. The molecule has 0 unspecified atom stereocenters. The molecular weight excluding hydrogens is 442 g/mol. The van der Waals surface area contributed by atoms with Crippen LogP contribution >= 0.6 is 0 Å². The zero-order valence-corrected chi connectivity index (χ0v) is 20.6. The molecule has 34 heavy (non-hydrogen) atoms.